The van der Waals surface area contributed by atoms with Crippen LogP contribution in [0.1, 0.15) is 11.5 Å². The maximum atomic E-state index is 13.6. The first-order valence-corrected chi connectivity index (χ1v) is 6.25. The molecule has 4 nitrogen and oxygen atoms in total. The van der Waals surface area contributed by atoms with Crippen LogP contribution in [0.4, 0.5) is 14.5 Å². The summed E-state index contributed by atoms with van der Waals surface area (Å²) in [5.74, 6) is -0.696. The molecule has 1 aromatic heterocycles. The smallest absolute Gasteiger partial charge is 0.231 e. The van der Waals surface area contributed by atoms with E-state index < -0.39 is 11.6 Å². The van der Waals surface area contributed by atoms with Gasteiger partial charge in [-0.25, -0.2) is 8.78 Å². The van der Waals surface area contributed by atoms with Gasteiger partial charge in [-0.2, -0.15) is 4.98 Å². The third-order valence-corrected chi connectivity index (χ3v) is 3.03. The van der Waals surface area contributed by atoms with Crippen molar-refractivity contribution in [3.63, 3.8) is 0 Å². The minimum absolute atomic E-state index is 0.0891. The Morgan fingerprint density at radius 3 is 2.67 bits per heavy atom. The average molecular weight is 287 g/mol. The maximum Gasteiger partial charge on any atom is 0.231 e. The van der Waals surface area contributed by atoms with E-state index in [1.807, 2.05) is 0 Å². The molecule has 2 aromatic carbocycles. The molecular weight excluding hydrogens is 276 g/mol. The van der Waals surface area contributed by atoms with Crippen LogP contribution in [0.25, 0.3) is 11.4 Å². The third-order valence-electron chi connectivity index (χ3n) is 3.03. The highest BCUT2D eigenvalue weighted by molar-refractivity contribution is 5.70. The molecule has 1 heterocycles. The van der Waals surface area contributed by atoms with Gasteiger partial charge < -0.3 is 10.3 Å². The fourth-order valence-electron chi connectivity index (χ4n) is 1.96. The number of para-hydroxylation sites is 1. The molecule has 0 saturated heterocycles. The first-order valence-electron chi connectivity index (χ1n) is 6.25. The first kappa shape index (κ1) is 13.2. The molecule has 3 aromatic rings. The number of halogens is 2. The topological polar surface area (TPSA) is 64.9 Å². The van der Waals surface area contributed by atoms with Crippen LogP contribution in [0.5, 0.6) is 0 Å². The largest absolute Gasteiger partial charge is 0.398 e. The van der Waals surface area contributed by atoms with Crippen molar-refractivity contribution >= 4 is 5.69 Å². The van der Waals surface area contributed by atoms with E-state index >= 15 is 0 Å². The van der Waals surface area contributed by atoms with E-state index in [0.29, 0.717) is 17.1 Å². The van der Waals surface area contributed by atoms with Crippen LogP contribution in [0.2, 0.25) is 0 Å². The van der Waals surface area contributed by atoms with Crippen molar-refractivity contribution in [2.75, 3.05) is 5.73 Å². The van der Waals surface area contributed by atoms with Gasteiger partial charge in [0, 0.05) is 17.3 Å². The summed E-state index contributed by atoms with van der Waals surface area (Å²) in [6.07, 6.45) is 0.0891. The zero-order chi connectivity index (χ0) is 14.8. The summed E-state index contributed by atoms with van der Waals surface area (Å²) >= 11 is 0. The maximum absolute atomic E-state index is 13.6. The number of rotatable bonds is 3. The van der Waals surface area contributed by atoms with Crippen molar-refractivity contribution in [2.45, 2.75) is 6.42 Å². The number of nitrogen functional groups attached to an aromatic ring is 1. The van der Waals surface area contributed by atoms with Crippen LogP contribution in [0, 0.1) is 11.6 Å². The fraction of sp³-hybridized carbons (Fsp3) is 0.0667. The van der Waals surface area contributed by atoms with Gasteiger partial charge in [-0.15, -0.1) is 0 Å². The molecule has 6 heteroatoms. The van der Waals surface area contributed by atoms with E-state index in [2.05, 4.69) is 10.1 Å². The summed E-state index contributed by atoms with van der Waals surface area (Å²) in [6.45, 7) is 0. The number of nitrogens with two attached hydrogens (primary N) is 1. The van der Waals surface area contributed by atoms with Crippen molar-refractivity contribution in [3.05, 3.63) is 65.6 Å². The molecule has 0 amide bonds. The number of hydrogen-bond acceptors (Lipinski definition) is 4. The quantitative estimate of drug-likeness (QED) is 0.751. The van der Waals surface area contributed by atoms with Gasteiger partial charge in [-0.1, -0.05) is 23.4 Å². The number of benzene rings is 2. The second-order valence-electron chi connectivity index (χ2n) is 4.51. The van der Waals surface area contributed by atoms with Crippen LogP contribution in [0.3, 0.4) is 0 Å². The molecule has 0 bridgehead atoms. The van der Waals surface area contributed by atoms with E-state index in [1.54, 1.807) is 24.3 Å². The lowest BCUT2D eigenvalue weighted by molar-refractivity contribution is 0.384. The molecule has 0 radical (unpaired) electrons. The van der Waals surface area contributed by atoms with Crippen molar-refractivity contribution in [2.24, 2.45) is 0 Å². The van der Waals surface area contributed by atoms with E-state index in [-0.39, 0.29) is 17.9 Å². The summed E-state index contributed by atoms with van der Waals surface area (Å²) in [6, 6.07) is 10.5. The molecule has 0 saturated carbocycles. The number of aromatic nitrogens is 2. The highest BCUT2D eigenvalue weighted by Crippen LogP contribution is 2.23. The van der Waals surface area contributed by atoms with Crippen molar-refractivity contribution < 1.29 is 13.3 Å². The van der Waals surface area contributed by atoms with E-state index in [0.717, 1.165) is 6.07 Å². The molecule has 2 N–H and O–H groups in total. The summed E-state index contributed by atoms with van der Waals surface area (Å²) in [4.78, 5) is 4.18. The number of anilines is 1. The standard InChI is InChI=1S/C15H11F2N3O/c16-10-6-5-9(12(17)8-10)7-14-19-15(20-21-14)11-3-1-2-4-13(11)18/h1-6,8H,7,18H2. The summed E-state index contributed by atoms with van der Waals surface area (Å²) in [5.41, 5.74) is 7.29. The van der Waals surface area contributed by atoms with Crippen LogP contribution < -0.4 is 5.73 Å². The molecule has 0 atom stereocenters. The molecule has 0 aliphatic rings. The Hall–Kier alpha value is -2.76. The molecule has 0 fully saturated rings. The molecular formula is C15H11F2N3O. The second kappa shape index (κ2) is 5.32. The van der Waals surface area contributed by atoms with E-state index in [9.17, 15) is 8.78 Å². The zero-order valence-electron chi connectivity index (χ0n) is 10.9. The predicted octanol–water partition coefficient (Wildman–Crippen LogP) is 3.19. The molecule has 21 heavy (non-hydrogen) atoms. The molecule has 0 aliphatic carbocycles. The van der Waals surface area contributed by atoms with Crippen molar-refractivity contribution in [1.82, 2.24) is 10.1 Å². The lowest BCUT2D eigenvalue weighted by Crippen LogP contribution is -1.94. The van der Waals surface area contributed by atoms with Crippen LogP contribution in [0.15, 0.2) is 47.0 Å². The first-order chi connectivity index (χ1) is 10.1. The Kier molecular flexibility index (Phi) is 3.35. The second-order valence-corrected chi connectivity index (χ2v) is 4.51. The third kappa shape index (κ3) is 2.74. The SMILES string of the molecule is Nc1ccccc1-c1noc(Cc2ccc(F)cc2F)n1. The van der Waals surface area contributed by atoms with Gasteiger partial charge in [0.05, 0.1) is 6.42 Å². The van der Waals surface area contributed by atoms with Gasteiger partial charge in [-0.05, 0) is 23.8 Å². The van der Waals surface area contributed by atoms with E-state index in [4.69, 9.17) is 10.3 Å². The highest BCUT2D eigenvalue weighted by atomic mass is 19.1. The van der Waals surface area contributed by atoms with Gasteiger partial charge in [0.15, 0.2) is 0 Å². The lowest BCUT2D eigenvalue weighted by Gasteiger charge is -1.99. The van der Waals surface area contributed by atoms with Crippen LogP contribution >= 0.6 is 0 Å². The Morgan fingerprint density at radius 1 is 1.10 bits per heavy atom. The van der Waals surface area contributed by atoms with Gasteiger partial charge in [0.1, 0.15) is 11.6 Å². The predicted molar refractivity (Wildman–Crippen MR) is 73.3 cm³/mol. The van der Waals surface area contributed by atoms with Gasteiger partial charge in [0.2, 0.25) is 11.7 Å². The molecule has 3 rings (SSSR count). The van der Waals surface area contributed by atoms with Crippen LogP contribution in [-0.4, -0.2) is 10.1 Å². The monoisotopic (exact) mass is 287 g/mol. The zero-order valence-corrected chi connectivity index (χ0v) is 10.9. The lowest BCUT2D eigenvalue weighted by atomic mass is 10.1. The van der Waals surface area contributed by atoms with Gasteiger partial charge >= 0.3 is 0 Å². The summed E-state index contributed by atoms with van der Waals surface area (Å²) in [7, 11) is 0. The minimum Gasteiger partial charge on any atom is -0.398 e. The Balaban J connectivity index is 1.87. The minimum atomic E-state index is -0.644. The van der Waals surface area contributed by atoms with E-state index in [1.165, 1.54) is 12.1 Å². The highest BCUT2D eigenvalue weighted by Gasteiger charge is 2.13. The summed E-state index contributed by atoms with van der Waals surface area (Å²) < 4.78 is 31.5. The van der Waals surface area contributed by atoms with Crippen LogP contribution in [-0.2, 0) is 6.42 Å². The van der Waals surface area contributed by atoms with Gasteiger partial charge in [-0.3, -0.25) is 0 Å². The van der Waals surface area contributed by atoms with Crippen molar-refractivity contribution in [3.8, 4) is 11.4 Å². The Morgan fingerprint density at radius 2 is 1.90 bits per heavy atom. The average Bonchev–Trinajstić information content (AvgIpc) is 2.91. The Labute approximate surface area is 119 Å². The Bertz CT molecular complexity index is 786. The molecule has 0 aliphatic heterocycles. The number of nitrogens with zero attached hydrogens (tertiary/aromatic N) is 2. The molecule has 106 valence electrons. The van der Waals surface area contributed by atoms with Crippen molar-refractivity contribution in [1.29, 1.82) is 0 Å². The van der Waals surface area contributed by atoms with Gasteiger partial charge in [0.25, 0.3) is 0 Å². The fourth-order valence-corrected chi connectivity index (χ4v) is 1.96. The molecule has 0 unspecified atom stereocenters. The molecule has 0 spiro atoms. The number of hydrogen-bond donors (Lipinski definition) is 1. The normalized spacial score (nSPS) is 10.8. The summed E-state index contributed by atoms with van der Waals surface area (Å²) in [5, 5.41) is 3.83.